The summed E-state index contributed by atoms with van der Waals surface area (Å²) >= 11 is 0. The van der Waals surface area contributed by atoms with Gasteiger partial charge in [0.05, 0.1) is 22.2 Å². The van der Waals surface area contributed by atoms with Crippen LogP contribution in [0.5, 0.6) is 5.75 Å². The van der Waals surface area contributed by atoms with Gasteiger partial charge in [-0.15, -0.1) is 6.42 Å². The maximum Gasteiger partial charge on any atom is 0.311 e. The largest absolute Gasteiger partial charge is 0.474 e. The molecule has 0 aliphatic carbocycles. The van der Waals surface area contributed by atoms with E-state index in [0.29, 0.717) is 5.52 Å². The van der Waals surface area contributed by atoms with Gasteiger partial charge in [0.15, 0.2) is 5.75 Å². The Labute approximate surface area is 101 Å². The van der Waals surface area contributed by atoms with Crippen molar-refractivity contribution >= 4 is 16.6 Å². The van der Waals surface area contributed by atoms with E-state index in [2.05, 4.69) is 15.9 Å². The first-order chi connectivity index (χ1) is 8.63. The Morgan fingerprint density at radius 1 is 1.56 bits per heavy atom. The smallest absolute Gasteiger partial charge is 0.311 e. The summed E-state index contributed by atoms with van der Waals surface area (Å²) in [6.45, 7) is -0.102. The Morgan fingerprint density at radius 2 is 2.33 bits per heavy atom. The standard InChI is InChI=1S/C11H7N3O4/c1-2-3-18-10-5-8-7(4-9(10)14(16)17)11(15)13-6-12-8/h1,4-6H,3H2,(H,12,13,15). The van der Waals surface area contributed by atoms with E-state index in [1.807, 2.05) is 0 Å². The van der Waals surface area contributed by atoms with E-state index in [0.717, 1.165) is 6.07 Å². The van der Waals surface area contributed by atoms with E-state index >= 15 is 0 Å². The molecule has 1 N–H and O–H groups in total. The molecule has 0 bridgehead atoms. The van der Waals surface area contributed by atoms with E-state index in [4.69, 9.17) is 11.2 Å². The van der Waals surface area contributed by atoms with Gasteiger partial charge in [0.1, 0.15) is 6.61 Å². The lowest BCUT2D eigenvalue weighted by molar-refractivity contribution is -0.385. The maximum atomic E-state index is 11.5. The van der Waals surface area contributed by atoms with Gasteiger partial charge in [-0.3, -0.25) is 14.9 Å². The van der Waals surface area contributed by atoms with Crippen molar-refractivity contribution in [1.82, 2.24) is 9.97 Å². The average Bonchev–Trinajstić information content (AvgIpc) is 2.35. The minimum Gasteiger partial charge on any atom is -0.474 e. The summed E-state index contributed by atoms with van der Waals surface area (Å²) in [6.07, 6.45) is 6.23. The zero-order valence-electron chi connectivity index (χ0n) is 9.04. The molecule has 0 radical (unpaired) electrons. The number of hydrogen-bond acceptors (Lipinski definition) is 5. The molecule has 90 valence electrons. The van der Waals surface area contributed by atoms with E-state index in [9.17, 15) is 14.9 Å². The van der Waals surface area contributed by atoms with Crippen molar-refractivity contribution in [2.24, 2.45) is 0 Å². The quantitative estimate of drug-likeness (QED) is 0.491. The van der Waals surface area contributed by atoms with Crippen molar-refractivity contribution in [1.29, 1.82) is 0 Å². The predicted molar refractivity (Wildman–Crippen MR) is 63.3 cm³/mol. The number of nitrogens with zero attached hydrogens (tertiary/aromatic N) is 2. The van der Waals surface area contributed by atoms with Crippen LogP contribution in [-0.2, 0) is 0 Å². The Bertz CT molecular complexity index is 714. The van der Waals surface area contributed by atoms with Gasteiger partial charge in [-0.1, -0.05) is 5.92 Å². The second kappa shape index (κ2) is 4.55. The van der Waals surface area contributed by atoms with E-state index in [1.165, 1.54) is 12.4 Å². The highest BCUT2D eigenvalue weighted by atomic mass is 16.6. The van der Waals surface area contributed by atoms with Gasteiger partial charge in [0.2, 0.25) is 0 Å². The fourth-order valence-electron chi connectivity index (χ4n) is 1.46. The summed E-state index contributed by atoms with van der Waals surface area (Å²) in [5.41, 5.74) is -0.473. The highest BCUT2D eigenvalue weighted by molar-refractivity contribution is 5.82. The molecule has 0 saturated heterocycles. The summed E-state index contributed by atoms with van der Waals surface area (Å²) in [4.78, 5) is 28.0. The van der Waals surface area contributed by atoms with Gasteiger partial charge < -0.3 is 9.72 Å². The first-order valence-corrected chi connectivity index (χ1v) is 4.85. The third kappa shape index (κ3) is 1.99. The van der Waals surface area contributed by atoms with E-state index in [-0.39, 0.29) is 23.4 Å². The zero-order chi connectivity index (χ0) is 13.1. The molecule has 7 heteroatoms. The number of nitro groups is 1. The Balaban J connectivity index is 2.69. The first-order valence-electron chi connectivity index (χ1n) is 4.85. The lowest BCUT2D eigenvalue weighted by Crippen LogP contribution is -2.07. The molecule has 1 aromatic heterocycles. The number of benzene rings is 1. The van der Waals surface area contributed by atoms with E-state index < -0.39 is 10.5 Å². The van der Waals surface area contributed by atoms with Gasteiger partial charge >= 0.3 is 5.69 Å². The SMILES string of the molecule is C#CCOc1cc2nc[nH]c(=O)c2cc1[N+](=O)[O-]. The van der Waals surface area contributed by atoms with Gasteiger partial charge in [-0.05, 0) is 0 Å². The number of aromatic nitrogens is 2. The van der Waals surface area contributed by atoms with Crippen LogP contribution in [0.4, 0.5) is 5.69 Å². The van der Waals surface area contributed by atoms with Crippen molar-refractivity contribution in [2.45, 2.75) is 0 Å². The monoisotopic (exact) mass is 245 g/mol. The molecule has 18 heavy (non-hydrogen) atoms. The molecule has 0 aliphatic heterocycles. The number of nitrogens with one attached hydrogen (secondary N) is 1. The van der Waals surface area contributed by atoms with Crippen LogP contribution >= 0.6 is 0 Å². The molecule has 0 fully saturated rings. The lowest BCUT2D eigenvalue weighted by atomic mass is 10.2. The summed E-state index contributed by atoms with van der Waals surface area (Å²) in [7, 11) is 0. The summed E-state index contributed by atoms with van der Waals surface area (Å²) < 4.78 is 5.07. The van der Waals surface area contributed by atoms with Crippen LogP contribution in [0.15, 0.2) is 23.3 Å². The molecule has 0 atom stereocenters. The van der Waals surface area contributed by atoms with Gasteiger partial charge in [0.25, 0.3) is 5.56 Å². The topological polar surface area (TPSA) is 98.1 Å². The molecule has 0 amide bonds. The molecular weight excluding hydrogens is 238 g/mol. The van der Waals surface area contributed by atoms with Gasteiger partial charge in [0, 0.05) is 12.1 Å². The van der Waals surface area contributed by atoms with Crippen molar-refractivity contribution in [3.8, 4) is 18.1 Å². The third-order valence-corrected chi connectivity index (χ3v) is 2.23. The number of nitro benzene ring substituents is 1. The summed E-state index contributed by atoms with van der Waals surface area (Å²) in [5.74, 6) is 2.20. The van der Waals surface area contributed by atoms with Crippen molar-refractivity contribution in [2.75, 3.05) is 6.61 Å². The van der Waals surface area contributed by atoms with E-state index in [1.54, 1.807) is 0 Å². The van der Waals surface area contributed by atoms with Crippen LogP contribution < -0.4 is 10.3 Å². The minimum atomic E-state index is -0.641. The molecule has 7 nitrogen and oxygen atoms in total. The molecule has 2 rings (SSSR count). The Kier molecular flexibility index (Phi) is 2.93. The number of rotatable bonds is 3. The molecular formula is C11H7N3O4. The fraction of sp³-hybridized carbons (Fsp3) is 0.0909. The number of H-pyrrole nitrogens is 1. The highest BCUT2D eigenvalue weighted by Gasteiger charge is 2.18. The van der Waals surface area contributed by atoms with Gasteiger partial charge in [-0.25, -0.2) is 4.98 Å². The lowest BCUT2D eigenvalue weighted by Gasteiger charge is -2.04. The Morgan fingerprint density at radius 3 is 3.00 bits per heavy atom. The molecule has 0 spiro atoms. The second-order valence-electron chi connectivity index (χ2n) is 3.32. The molecule has 2 aromatic rings. The molecule has 0 unspecified atom stereocenters. The van der Waals surface area contributed by atoms with Crippen LogP contribution in [0, 0.1) is 22.5 Å². The maximum absolute atomic E-state index is 11.5. The van der Waals surface area contributed by atoms with Gasteiger partial charge in [-0.2, -0.15) is 0 Å². The average molecular weight is 245 g/mol. The molecule has 0 aliphatic rings. The van der Waals surface area contributed by atoms with Crippen molar-refractivity contribution < 1.29 is 9.66 Å². The number of fused-ring (bicyclic) bond motifs is 1. The zero-order valence-corrected chi connectivity index (χ0v) is 9.04. The predicted octanol–water partition coefficient (Wildman–Crippen LogP) is 0.843. The van der Waals surface area contributed by atoms with Crippen LogP contribution in [0.3, 0.4) is 0 Å². The van der Waals surface area contributed by atoms with Crippen LogP contribution in [-0.4, -0.2) is 21.5 Å². The second-order valence-corrected chi connectivity index (χ2v) is 3.32. The minimum absolute atomic E-state index is 0.0106. The third-order valence-electron chi connectivity index (χ3n) is 2.23. The highest BCUT2D eigenvalue weighted by Crippen LogP contribution is 2.29. The summed E-state index contributed by atoms with van der Waals surface area (Å²) in [5, 5.41) is 11.0. The summed E-state index contributed by atoms with van der Waals surface area (Å²) in [6, 6.07) is 2.44. The molecule has 1 heterocycles. The number of aromatic amines is 1. The number of terminal acetylenes is 1. The normalized spacial score (nSPS) is 9.94. The Hall–Kier alpha value is -2.88. The van der Waals surface area contributed by atoms with Crippen molar-refractivity contribution in [3.05, 3.63) is 38.9 Å². The van der Waals surface area contributed by atoms with Crippen LogP contribution in [0.25, 0.3) is 10.9 Å². The number of ether oxygens (including phenoxy) is 1. The van der Waals surface area contributed by atoms with Crippen LogP contribution in [0.2, 0.25) is 0 Å². The molecule has 1 aromatic carbocycles. The van der Waals surface area contributed by atoms with Crippen LogP contribution in [0.1, 0.15) is 0 Å². The fourth-order valence-corrected chi connectivity index (χ4v) is 1.46. The molecule has 0 saturated carbocycles. The number of hydrogen-bond donors (Lipinski definition) is 1. The van der Waals surface area contributed by atoms with Crippen molar-refractivity contribution in [3.63, 3.8) is 0 Å². The first kappa shape index (κ1) is 11.6.